The Hall–Kier alpha value is -0.920. The highest BCUT2D eigenvalue weighted by molar-refractivity contribution is 5.19. The number of hydrogen-bond donors (Lipinski definition) is 2. The zero-order valence-corrected chi connectivity index (χ0v) is 6.93. The average Bonchev–Trinajstić information content (AvgIpc) is 2.37. The summed E-state index contributed by atoms with van der Waals surface area (Å²) < 4.78 is 0. The van der Waals surface area contributed by atoms with Crippen molar-refractivity contribution in [3.05, 3.63) is 17.8 Å². The zero-order valence-electron chi connectivity index (χ0n) is 6.93. The van der Waals surface area contributed by atoms with E-state index < -0.39 is 0 Å². The van der Waals surface area contributed by atoms with Gasteiger partial charge < -0.3 is 10.1 Å². The monoisotopic (exact) mass is 153 g/mol. The van der Waals surface area contributed by atoms with E-state index in [0.29, 0.717) is 0 Å². The fourth-order valence-corrected chi connectivity index (χ4v) is 1.15. The molecule has 1 heterocycles. The van der Waals surface area contributed by atoms with Crippen molar-refractivity contribution in [1.82, 2.24) is 4.98 Å². The van der Waals surface area contributed by atoms with Crippen molar-refractivity contribution in [3.63, 3.8) is 0 Å². The third-order valence-electron chi connectivity index (χ3n) is 1.80. The molecule has 2 N–H and O–H groups in total. The molecule has 0 atom stereocenters. The minimum Gasteiger partial charge on any atom is -0.495 e. The predicted molar refractivity (Wildman–Crippen MR) is 45.7 cm³/mol. The lowest BCUT2D eigenvalue weighted by Gasteiger charge is -1.93. The van der Waals surface area contributed by atoms with E-state index in [9.17, 15) is 0 Å². The van der Waals surface area contributed by atoms with Crippen LogP contribution in [-0.4, -0.2) is 10.1 Å². The maximum absolute atomic E-state index is 8.95. The van der Waals surface area contributed by atoms with Gasteiger partial charge in [0.25, 0.3) is 0 Å². The molecular weight excluding hydrogens is 138 g/mol. The Morgan fingerprint density at radius 1 is 1.45 bits per heavy atom. The number of nitrogens with one attached hydrogen (secondary N) is 1. The van der Waals surface area contributed by atoms with Crippen LogP contribution in [0.15, 0.2) is 12.3 Å². The molecule has 0 bridgehead atoms. The van der Waals surface area contributed by atoms with Crippen LogP contribution in [0, 0.1) is 0 Å². The van der Waals surface area contributed by atoms with Gasteiger partial charge in [0.05, 0.1) is 0 Å². The van der Waals surface area contributed by atoms with E-state index in [-0.39, 0.29) is 5.88 Å². The third-order valence-corrected chi connectivity index (χ3v) is 1.80. The molecule has 1 rings (SSSR count). The molecule has 0 aliphatic carbocycles. The minimum absolute atomic E-state index is 0.275. The molecule has 11 heavy (non-hydrogen) atoms. The van der Waals surface area contributed by atoms with Crippen molar-refractivity contribution in [3.8, 4) is 5.88 Å². The maximum Gasteiger partial charge on any atom is 0.188 e. The molecule has 0 saturated carbocycles. The molecule has 0 aliphatic heterocycles. The first kappa shape index (κ1) is 8.18. The van der Waals surface area contributed by atoms with Gasteiger partial charge in [-0.3, -0.25) is 0 Å². The molecule has 0 amide bonds. The molecule has 1 aromatic heterocycles. The Balaban J connectivity index is 2.27. The van der Waals surface area contributed by atoms with Gasteiger partial charge in [-0.1, -0.05) is 19.8 Å². The standard InChI is InChI=1S/C9H15NO/c1-2-3-4-5-8-6-9(11)10-7-8/h6-7,10-11H,2-5H2,1H3. The van der Waals surface area contributed by atoms with Crippen molar-refractivity contribution < 1.29 is 5.11 Å². The molecule has 0 aliphatic rings. The summed E-state index contributed by atoms with van der Waals surface area (Å²) in [7, 11) is 0. The van der Waals surface area contributed by atoms with Gasteiger partial charge in [-0.2, -0.15) is 0 Å². The van der Waals surface area contributed by atoms with Crippen molar-refractivity contribution in [2.45, 2.75) is 32.6 Å². The summed E-state index contributed by atoms with van der Waals surface area (Å²) in [6, 6.07) is 1.79. The molecule has 0 unspecified atom stereocenters. The van der Waals surface area contributed by atoms with Crippen LogP contribution in [0.25, 0.3) is 0 Å². The second kappa shape index (κ2) is 4.06. The smallest absolute Gasteiger partial charge is 0.188 e. The van der Waals surface area contributed by atoms with E-state index in [4.69, 9.17) is 5.11 Å². The van der Waals surface area contributed by atoms with Gasteiger partial charge in [0, 0.05) is 12.3 Å². The topological polar surface area (TPSA) is 36.0 Å². The van der Waals surface area contributed by atoms with Gasteiger partial charge in [-0.15, -0.1) is 0 Å². The minimum atomic E-state index is 0.275. The quantitative estimate of drug-likeness (QED) is 0.640. The fraction of sp³-hybridized carbons (Fsp3) is 0.556. The highest BCUT2D eigenvalue weighted by Gasteiger charge is 1.95. The van der Waals surface area contributed by atoms with E-state index >= 15 is 0 Å². The maximum atomic E-state index is 8.95. The molecule has 0 fully saturated rings. The summed E-state index contributed by atoms with van der Waals surface area (Å²) >= 11 is 0. The van der Waals surface area contributed by atoms with Gasteiger partial charge >= 0.3 is 0 Å². The summed E-state index contributed by atoms with van der Waals surface area (Å²) in [6.07, 6.45) is 6.67. The van der Waals surface area contributed by atoms with Crippen molar-refractivity contribution in [2.24, 2.45) is 0 Å². The SMILES string of the molecule is CCCCCc1c[nH]c(O)c1. The summed E-state index contributed by atoms with van der Waals surface area (Å²) in [6.45, 7) is 2.19. The summed E-state index contributed by atoms with van der Waals surface area (Å²) in [5.41, 5.74) is 1.20. The normalized spacial score (nSPS) is 10.3. The van der Waals surface area contributed by atoms with Crippen LogP contribution < -0.4 is 0 Å². The molecule has 0 saturated heterocycles. The van der Waals surface area contributed by atoms with Crippen LogP contribution in [0.3, 0.4) is 0 Å². The number of unbranched alkanes of at least 4 members (excludes halogenated alkanes) is 2. The molecule has 2 nitrogen and oxygen atoms in total. The Morgan fingerprint density at radius 2 is 2.27 bits per heavy atom. The summed E-state index contributed by atoms with van der Waals surface area (Å²) in [4.78, 5) is 2.75. The number of aromatic amines is 1. The van der Waals surface area contributed by atoms with Gasteiger partial charge in [-0.05, 0) is 18.4 Å². The van der Waals surface area contributed by atoms with Crippen LogP contribution in [0.1, 0.15) is 31.7 Å². The van der Waals surface area contributed by atoms with E-state index in [1.807, 2.05) is 6.20 Å². The van der Waals surface area contributed by atoms with E-state index in [1.165, 1.54) is 24.8 Å². The van der Waals surface area contributed by atoms with E-state index in [0.717, 1.165) is 6.42 Å². The molecular formula is C9H15NO. The van der Waals surface area contributed by atoms with E-state index in [2.05, 4.69) is 11.9 Å². The zero-order chi connectivity index (χ0) is 8.10. The van der Waals surface area contributed by atoms with Gasteiger partial charge in [0.1, 0.15) is 0 Å². The number of hydrogen-bond acceptors (Lipinski definition) is 1. The molecule has 0 aromatic carbocycles. The Morgan fingerprint density at radius 3 is 2.82 bits per heavy atom. The lowest BCUT2D eigenvalue weighted by Crippen LogP contribution is -1.80. The second-order valence-corrected chi connectivity index (χ2v) is 2.85. The molecule has 62 valence electrons. The van der Waals surface area contributed by atoms with Crippen LogP contribution in [-0.2, 0) is 6.42 Å². The summed E-state index contributed by atoms with van der Waals surface area (Å²) in [5.74, 6) is 0.275. The largest absolute Gasteiger partial charge is 0.495 e. The fourth-order valence-electron chi connectivity index (χ4n) is 1.15. The number of aromatic nitrogens is 1. The first-order valence-corrected chi connectivity index (χ1v) is 4.19. The lowest BCUT2D eigenvalue weighted by atomic mass is 10.1. The second-order valence-electron chi connectivity index (χ2n) is 2.85. The number of rotatable bonds is 4. The predicted octanol–water partition coefficient (Wildman–Crippen LogP) is 2.45. The molecule has 1 aromatic rings. The van der Waals surface area contributed by atoms with Gasteiger partial charge in [-0.25, -0.2) is 0 Å². The molecule has 0 radical (unpaired) electrons. The Labute approximate surface area is 67.3 Å². The van der Waals surface area contributed by atoms with E-state index in [1.54, 1.807) is 6.07 Å². The van der Waals surface area contributed by atoms with Crippen molar-refractivity contribution in [2.75, 3.05) is 0 Å². The van der Waals surface area contributed by atoms with Gasteiger partial charge in [0.2, 0.25) is 0 Å². The first-order chi connectivity index (χ1) is 5.33. The first-order valence-electron chi connectivity index (χ1n) is 4.19. The van der Waals surface area contributed by atoms with Crippen molar-refractivity contribution in [1.29, 1.82) is 0 Å². The van der Waals surface area contributed by atoms with Crippen molar-refractivity contribution >= 4 is 0 Å². The summed E-state index contributed by atoms with van der Waals surface area (Å²) in [5, 5.41) is 8.95. The Bertz CT molecular complexity index is 205. The average molecular weight is 153 g/mol. The Kier molecular flexibility index (Phi) is 3.02. The molecule has 0 spiro atoms. The molecule has 2 heteroatoms. The van der Waals surface area contributed by atoms with Crippen LogP contribution in [0.2, 0.25) is 0 Å². The van der Waals surface area contributed by atoms with Crippen LogP contribution in [0.5, 0.6) is 5.88 Å². The highest BCUT2D eigenvalue weighted by Crippen LogP contribution is 2.11. The van der Waals surface area contributed by atoms with Crippen LogP contribution >= 0.6 is 0 Å². The third kappa shape index (κ3) is 2.66. The van der Waals surface area contributed by atoms with Gasteiger partial charge in [0.15, 0.2) is 5.88 Å². The van der Waals surface area contributed by atoms with Crippen LogP contribution in [0.4, 0.5) is 0 Å². The highest BCUT2D eigenvalue weighted by atomic mass is 16.3. The number of H-pyrrole nitrogens is 1. The number of aromatic hydroxyl groups is 1. The lowest BCUT2D eigenvalue weighted by molar-refractivity contribution is 0.457. The number of aryl methyl sites for hydroxylation is 1.